The number of hydrogen-bond acceptors (Lipinski definition) is 6. The minimum Gasteiger partial charge on any atom is -0.493 e. The summed E-state index contributed by atoms with van der Waals surface area (Å²) in [5.41, 5.74) is 6.06. The van der Waals surface area contributed by atoms with Crippen molar-refractivity contribution in [2.24, 2.45) is 15.2 Å². The van der Waals surface area contributed by atoms with E-state index in [9.17, 15) is 4.79 Å². The lowest BCUT2D eigenvalue weighted by molar-refractivity contribution is -0.117. The predicted molar refractivity (Wildman–Crippen MR) is 123 cm³/mol. The maximum atomic E-state index is 13.2. The number of aryl methyl sites for hydroxylation is 1. The van der Waals surface area contributed by atoms with Gasteiger partial charge in [0.2, 0.25) is 6.04 Å². The van der Waals surface area contributed by atoms with Gasteiger partial charge in [0.15, 0.2) is 17.3 Å². The van der Waals surface area contributed by atoms with Crippen LogP contribution in [0.5, 0.6) is 11.5 Å². The molecule has 1 unspecified atom stereocenters. The summed E-state index contributed by atoms with van der Waals surface area (Å²) in [4.78, 5) is 17.9. The lowest BCUT2D eigenvalue weighted by Gasteiger charge is -2.15. The van der Waals surface area contributed by atoms with Gasteiger partial charge in [0, 0.05) is 6.07 Å². The Labute approximate surface area is 186 Å². The minimum atomic E-state index is -0.914. The van der Waals surface area contributed by atoms with Gasteiger partial charge in [-0.3, -0.25) is 10.2 Å². The highest BCUT2D eigenvalue weighted by atomic mass is 16.5. The van der Waals surface area contributed by atoms with Crippen LogP contribution in [-0.4, -0.2) is 32.0 Å². The van der Waals surface area contributed by atoms with Gasteiger partial charge in [-0.1, -0.05) is 36.4 Å². The molecule has 3 aromatic carbocycles. The second kappa shape index (κ2) is 9.30. The van der Waals surface area contributed by atoms with Crippen molar-refractivity contribution in [2.75, 3.05) is 19.2 Å². The molecule has 8 nitrogen and oxygen atoms in total. The highest BCUT2D eigenvalue weighted by Crippen LogP contribution is 2.31. The number of carbonyl (C=O) groups excluding carboxylic acids is 1. The van der Waals surface area contributed by atoms with Crippen LogP contribution in [0.4, 0.5) is 17.1 Å². The van der Waals surface area contributed by atoms with Crippen LogP contribution >= 0.6 is 0 Å². The van der Waals surface area contributed by atoms with E-state index in [2.05, 4.69) is 20.6 Å². The maximum Gasteiger partial charge on any atom is 0.280 e. The molecule has 0 spiro atoms. The van der Waals surface area contributed by atoms with E-state index in [-0.39, 0.29) is 5.91 Å². The largest absolute Gasteiger partial charge is 0.493 e. The molecule has 1 atom stereocenters. The van der Waals surface area contributed by atoms with Crippen molar-refractivity contribution in [2.45, 2.75) is 13.0 Å². The zero-order valence-electron chi connectivity index (χ0n) is 18.0. The standard InChI is InChI=1S/C24H23N5O3/c1-16-9-7-8-12-19(16)25-23-22(24(30)29(28-23)18-10-5-4-6-11-18)27-26-17-13-14-20(31-2)21(15-17)32-3/h4-15,22H,1-3H3,(H,25,28). The highest BCUT2D eigenvalue weighted by molar-refractivity contribution is 6.20. The van der Waals surface area contributed by atoms with Crippen LogP contribution in [0, 0.1) is 6.92 Å². The topological polar surface area (TPSA) is 87.9 Å². The van der Waals surface area contributed by atoms with Crippen LogP contribution in [0.15, 0.2) is 88.0 Å². The quantitative estimate of drug-likeness (QED) is 0.573. The molecule has 0 radical (unpaired) electrons. The fraction of sp³-hybridized carbons (Fsp3) is 0.167. The Morgan fingerprint density at radius 3 is 2.34 bits per heavy atom. The molecule has 0 saturated carbocycles. The first-order chi connectivity index (χ1) is 15.6. The summed E-state index contributed by atoms with van der Waals surface area (Å²) in [6.45, 7) is 1.96. The molecular weight excluding hydrogens is 406 g/mol. The zero-order valence-corrected chi connectivity index (χ0v) is 18.0. The molecule has 1 aliphatic rings. The number of amidine groups is 1. The number of nitrogens with zero attached hydrogens (tertiary/aromatic N) is 4. The van der Waals surface area contributed by atoms with E-state index < -0.39 is 6.04 Å². The van der Waals surface area contributed by atoms with Gasteiger partial charge in [-0.25, -0.2) is 10.0 Å². The van der Waals surface area contributed by atoms with Crippen molar-refractivity contribution in [1.82, 2.24) is 5.43 Å². The molecule has 0 aromatic heterocycles. The molecule has 1 heterocycles. The number of carbonyl (C=O) groups is 1. The molecule has 1 aliphatic heterocycles. The van der Waals surface area contributed by atoms with Gasteiger partial charge in [-0.15, -0.1) is 0 Å². The number of anilines is 1. The van der Waals surface area contributed by atoms with Gasteiger partial charge in [0.1, 0.15) is 0 Å². The van der Waals surface area contributed by atoms with E-state index in [1.807, 2.05) is 61.5 Å². The van der Waals surface area contributed by atoms with Crippen LogP contribution in [0.25, 0.3) is 0 Å². The number of amides is 1. The first-order valence-corrected chi connectivity index (χ1v) is 10.0. The molecule has 1 amide bonds. The van der Waals surface area contributed by atoms with Crippen molar-refractivity contribution in [3.8, 4) is 11.5 Å². The van der Waals surface area contributed by atoms with Crippen LogP contribution in [0.1, 0.15) is 5.56 Å². The van der Waals surface area contributed by atoms with Crippen LogP contribution < -0.4 is 19.9 Å². The minimum absolute atomic E-state index is 0.271. The van der Waals surface area contributed by atoms with Crippen LogP contribution in [0.3, 0.4) is 0 Å². The van der Waals surface area contributed by atoms with Crippen molar-refractivity contribution >= 4 is 28.8 Å². The Hall–Kier alpha value is -4.20. The number of methoxy groups -OCH3 is 2. The van der Waals surface area contributed by atoms with E-state index in [1.54, 1.807) is 32.4 Å². The molecular formula is C24H23N5O3. The molecule has 32 heavy (non-hydrogen) atoms. The Morgan fingerprint density at radius 2 is 1.62 bits per heavy atom. The predicted octanol–water partition coefficient (Wildman–Crippen LogP) is 4.75. The van der Waals surface area contributed by atoms with E-state index in [1.165, 1.54) is 5.01 Å². The number of aliphatic imine (C=N–C) groups is 1. The number of nitrogens with one attached hydrogen (secondary N) is 1. The van der Waals surface area contributed by atoms with Crippen LogP contribution in [-0.2, 0) is 4.79 Å². The Balaban J connectivity index is 1.70. The summed E-state index contributed by atoms with van der Waals surface area (Å²) in [5, 5.41) is 10.1. The van der Waals surface area contributed by atoms with E-state index in [0.29, 0.717) is 28.7 Å². The Bertz CT molecular complexity index is 1180. The van der Waals surface area contributed by atoms with Crippen molar-refractivity contribution in [3.05, 3.63) is 78.4 Å². The van der Waals surface area contributed by atoms with Crippen molar-refractivity contribution in [3.63, 3.8) is 0 Å². The van der Waals surface area contributed by atoms with Crippen LogP contribution in [0.2, 0.25) is 0 Å². The number of azo groups is 1. The molecule has 0 aliphatic carbocycles. The maximum absolute atomic E-state index is 13.2. The molecule has 8 heteroatoms. The normalized spacial score (nSPS) is 17.1. The van der Waals surface area contributed by atoms with Gasteiger partial charge >= 0.3 is 0 Å². The first-order valence-electron chi connectivity index (χ1n) is 10.0. The number of hydrazine groups is 1. The molecule has 1 N–H and O–H groups in total. The summed E-state index contributed by atoms with van der Waals surface area (Å²) in [7, 11) is 3.11. The first kappa shape index (κ1) is 21.0. The highest BCUT2D eigenvalue weighted by Gasteiger charge is 2.39. The third-order valence-corrected chi connectivity index (χ3v) is 4.97. The van der Waals surface area contributed by atoms with E-state index in [4.69, 9.17) is 9.47 Å². The summed E-state index contributed by atoms with van der Waals surface area (Å²) in [5.74, 6) is 1.24. The van der Waals surface area contributed by atoms with E-state index >= 15 is 0 Å². The Kier molecular flexibility index (Phi) is 6.12. The molecule has 0 bridgehead atoms. The lowest BCUT2D eigenvalue weighted by Crippen LogP contribution is -2.35. The van der Waals surface area contributed by atoms with Gasteiger partial charge in [-0.05, 0) is 42.8 Å². The van der Waals surface area contributed by atoms with Gasteiger partial charge in [0.25, 0.3) is 5.91 Å². The summed E-state index contributed by atoms with van der Waals surface area (Å²) < 4.78 is 10.6. The van der Waals surface area contributed by atoms with Gasteiger partial charge in [0.05, 0.1) is 31.3 Å². The average molecular weight is 429 g/mol. The SMILES string of the molecule is COc1ccc(N=NC2C(=O)N(c3ccccc3)NC2=Nc2ccccc2C)cc1OC. The molecule has 1 saturated heterocycles. The summed E-state index contributed by atoms with van der Waals surface area (Å²) in [6, 6.07) is 21.2. The monoisotopic (exact) mass is 429 g/mol. The second-order valence-corrected chi connectivity index (χ2v) is 7.06. The summed E-state index contributed by atoms with van der Waals surface area (Å²) in [6.07, 6.45) is 0. The van der Waals surface area contributed by atoms with Crippen molar-refractivity contribution in [1.29, 1.82) is 0 Å². The fourth-order valence-electron chi connectivity index (χ4n) is 3.26. The number of hydrogen-bond donors (Lipinski definition) is 1. The number of ether oxygens (including phenoxy) is 2. The third kappa shape index (κ3) is 4.29. The van der Waals surface area contributed by atoms with Gasteiger partial charge < -0.3 is 9.47 Å². The van der Waals surface area contributed by atoms with E-state index in [0.717, 1.165) is 11.3 Å². The zero-order chi connectivity index (χ0) is 22.5. The molecule has 162 valence electrons. The molecule has 3 aromatic rings. The third-order valence-electron chi connectivity index (χ3n) is 4.97. The summed E-state index contributed by atoms with van der Waals surface area (Å²) >= 11 is 0. The second-order valence-electron chi connectivity index (χ2n) is 7.06. The number of rotatable bonds is 6. The fourth-order valence-corrected chi connectivity index (χ4v) is 3.26. The Morgan fingerprint density at radius 1 is 0.906 bits per heavy atom. The average Bonchev–Trinajstić information content (AvgIpc) is 3.14. The smallest absolute Gasteiger partial charge is 0.280 e. The lowest BCUT2D eigenvalue weighted by atomic mass is 10.2. The van der Waals surface area contributed by atoms with Gasteiger partial charge in [-0.2, -0.15) is 10.2 Å². The molecule has 1 fully saturated rings. The number of benzene rings is 3. The number of para-hydroxylation sites is 2. The van der Waals surface area contributed by atoms with Crippen molar-refractivity contribution < 1.29 is 14.3 Å². The molecule has 4 rings (SSSR count).